The van der Waals surface area contributed by atoms with Gasteiger partial charge < -0.3 is 10.2 Å². The molecule has 0 saturated heterocycles. The Morgan fingerprint density at radius 2 is 1.81 bits per heavy atom. The molecule has 2 aromatic carbocycles. The first-order valence-corrected chi connectivity index (χ1v) is 7.31. The van der Waals surface area contributed by atoms with E-state index in [0.29, 0.717) is 5.56 Å². The van der Waals surface area contributed by atoms with Crippen LogP contribution in [0.15, 0.2) is 48.5 Å². The molecule has 0 aromatic heterocycles. The van der Waals surface area contributed by atoms with Crippen LogP contribution in [0.1, 0.15) is 33.9 Å². The van der Waals surface area contributed by atoms with Crippen molar-refractivity contribution in [2.24, 2.45) is 0 Å². The van der Waals surface area contributed by atoms with E-state index < -0.39 is 0 Å². The summed E-state index contributed by atoms with van der Waals surface area (Å²) in [5, 5.41) is 3.15. The van der Waals surface area contributed by atoms with E-state index in [2.05, 4.69) is 23.5 Å². The standard InChI is InChI=1S/C18H20N2O/c1-20(2)15-10-7-14(8-11-15)18(21)19-17-12-9-13-5-3-4-6-16(13)17/h3-8,10-11,17H,9,12H2,1-2H3,(H,19,21). The van der Waals surface area contributed by atoms with Crippen molar-refractivity contribution in [1.29, 1.82) is 0 Å². The molecule has 0 radical (unpaired) electrons. The van der Waals surface area contributed by atoms with Crippen molar-refractivity contribution < 1.29 is 4.79 Å². The van der Waals surface area contributed by atoms with Crippen molar-refractivity contribution in [1.82, 2.24) is 5.32 Å². The lowest BCUT2D eigenvalue weighted by Crippen LogP contribution is -2.27. The summed E-state index contributed by atoms with van der Waals surface area (Å²) in [6.45, 7) is 0. The van der Waals surface area contributed by atoms with Gasteiger partial charge in [0.1, 0.15) is 0 Å². The maximum absolute atomic E-state index is 12.4. The minimum absolute atomic E-state index is 0.00186. The Balaban J connectivity index is 1.72. The van der Waals surface area contributed by atoms with Crippen LogP contribution in [0, 0.1) is 0 Å². The lowest BCUT2D eigenvalue weighted by molar-refractivity contribution is 0.0937. The normalized spacial score (nSPS) is 16.4. The van der Waals surface area contributed by atoms with Gasteiger partial charge in [-0.2, -0.15) is 0 Å². The monoisotopic (exact) mass is 280 g/mol. The number of carbonyl (C=O) groups is 1. The fourth-order valence-corrected chi connectivity index (χ4v) is 2.86. The van der Waals surface area contributed by atoms with E-state index in [4.69, 9.17) is 0 Å². The number of nitrogens with zero attached hydrogens (tertiary/aromatic N) is 1. The molecule has 108 valence electrons. The van der Waals surface area contributed by atoms with Gasteiger partial charge in [-0.05, 0) is 48.2 Å². The van der Waals surface area contributed by atoms with E-state index >= 15 is 0 Å². The molecule has 3 heteroatoms. The van der Waals surface area contributed by atoms with Crippen LogP contribution >= 0.6 is 0 Å². The molecule has 0 heterocycles. The molecule has 0 saturated carbocycles. The second-order valence-corrected chi connectivity index (χ2v) is 5.70. The first-order chi connectivity index (χ1) is 10.1. The maximum Gasteiger partial charge on any atom is 0.251 e. The summed E-state index contributed by atoms with van der Waals surface area (Å²) in [7, 11) is 3.98. The van der Waals surface area contributed by atoms with E-state index in [-0.39, 0.29) is 11.9 Å². The minimum Gasteiger partial charge on any atom is -0.378 e. The number of nitrogens with one attached hydrogen (secondary N) is 1. The zero-order valence-electron chi connectivity index (χ0n) is 12.5. The summed E-state index contributed by atoms with van der Waals surface area (Å²) in [5.41, 5.74) is 4.42. The number of anilines is 1. The Kier molecular flexibility index (Phi) is 3.65. The molecule has 0 fully saturated rings. The molecule has 1 unspecified atom stereocenters. The topological polar surface area (TPSA) is 32.3 Å². The fourth-order valence-electron chi connectivity index (χ4n) is 2.86. The van der Waals surface area contributed by atoms with Crippen molar-refractivity contribution in [3.63, 3.8) is 0 Å². The largest absolute Gasteiger partial charge is 0.378 e. The molecule has 1 amide bonds. The summed E-state index contributed by atoms with van der Waals surface area (Å²) >= 11 is 0. The highest BCUT2D eigenvalue weighted by atomic mass is 16.1. The summed E-state index contributed by atoms with van der Waals surface area (Å²) in [5.74, 6) is 0.00186. The van der Waals surface area contributed by atoms with Gasteiger partial charge in [0, 0.05) is 25.3 Å². The number of hydrogen-bond acceptors (Lipinski definition) is 2. The van der Waals surface area contributed by atoms with Crippen molar-refractivity contribution >= 4 is 11.6 Å². The molecular weight excluding hydrogens is 260 g/mol. The summed E-state index contributed by atoms with van der Waals surface area (Å²) in [6.07, 6.45) is 2.03. The molecule has 1 N–H and O–H groups in total. The lowest BCUT2D eigenvalue weighted by Gasteiger charge is -2.15. The van der Waals surface area contributed by atoms with E-state index in [9.17, 15) is 4.79 Å². The average Bonchev–Trinajstić information content (AvgIpc) is 2.91. The number of aryl methyl sites for hydroxylation is 1. The number of amides is 1. The number of carbonyl (C=O) groups excluding carboxylic acids is 1. The van der Waals surface area contributed by atoms with Crippen molar-refractivity contribution in [3.8, 4) is 0 Å². The maximum atomic E-state index is 12.4. The minimum atomic E-state index is 0.00186. The third-order valence-corrected chi connectivity index (χ3v) is 4.08. The molecule has 2 aromatic rings. The van der Waals surface area contributed by atoms with Gasteiger partial charge in [-0.1, -0.05) is 24.3 Å². The van der Waals surface area contributed by atoms with Gasteiger partial charge in [0.25, 0.3) is 5.91 Å². The van der Waals surface area contributed by atoms with Crippen LogP contribution in [0.4, 0.5) is 5.69 Å². The van der Waals surface area contributed by atoms with Crippen molar-refractivity contribution in [3.05, 3.63) is 65.2 Å². The second-order valence-electron chi connectivity index (χ2n) is 5.70. The Labute approximate surface area is 125 Å². The summed E-state index contributed by atoms with van der Waals surface area (Å²) in [6, 6.07) is 16.2. The molecule has 0 bridgehead atoms. The fraction of sp³-hybridized carbons (Fsp3) is 0.278. The van der Waals surface area contributed by atoms with Crippen LogP contribution in [0.5, 0.6) is 0 Å². The molecule has 0 spiro atoms. The third kappa shape index (κ3) is 2.77. The van der Waals surface area contributed by atoms with Crippen molar-refractivity contribution in [2.75, 3.05) is 19.0 Å². The zero-order chi connectivity index (χ0) is 14.8. The van der Waals surface area contributed by atoms with Crippen LogP contribution < -0.4 is 10.2 Å². The predicted octanol–water partition coefficient (Wildman–Crippen LogP) is 3.17. The van der Waals surface area contributed by atoms with Gasteiger partial charge in [0.2, 0.25) is 0 Å². The van der Waals surface area contributed by atoms with Gasteiger partial charge in [0.05, 0.1) is 6.04 Å². The highest BCUT2D eigenvalue weighted by Gasteiger charge is 2.23. The molecule has 1 atom stereocenters. The van der Waals surface area contributed by atoms with Gasteiger partial charge in [0.15, 0.2) is 0 Å². The van der Waals surface area contributed by atoms with Crippen LogP contribution in [0.2, 0.25) is 0 Å². The van der Waals surface area contributed by atoms with Crippen molar-refractivity contribution in [2.45, 2.75) is 18.9 Å². The highest BCUT2D eigenvalue weighted by molar-refractivity contribution is 5.94. The van der Waals surface area contributed by atoms with Crippen LogP contribution in [-0.2, 0) is 6.42 Å². The third-order valence-electron chi connectivity index (χ3n) is 4.08. The highest BCUT2D eigenvalue weighted by Crippen LogP contribution is 2.30. The molecular formula is C18H20N2O. The van der Waals surface area contributed by atoms with E-state index in [1.165, 1.54) is 11.1 Å². The predicted molar refractivity (Wildman–Crippen MR) is 85.7 cm³/mol. The second kappa shape index (κ2) is 5.60. The first kappa shape index (κ1) is 13.7. The van der Waals surface area contributed by atoms with Crippen LogP contribution in [-0.4, -0.2) is 20.0 Å². The smallest absolute Gasteiger partial charge is 0.251 e. The van der Waals surface area contributed by atoms with Gasteiger partial charge >= 0.3 is 0 Å². The molecule has 3 rings (SSSR count). The lowest BCUT2D eigenvalue weighted by atomic mass is 10.1. The Hall–Kier alpha value is -2.29. The summed E-state index contributed by atoms with van der Waals surface area (Å²) in [4.78, 5) is 14.4. The average molecular weight is 280 g/mol. The van der Waals surface area contributed by atoms with E-state index in [1.807, 2.05) is 49.3 Å². The van der Waals surface area contributed by atoms with Crippen LogP contribution in [0.25, 0.3) is 0 Å². The summed E-state index contributed by atoms with van der Waals surface area (Å²) < 4.78 is 0. The number of benzene rings is 2. The molecule has 1 aliphatic carbocycles. The number of hydrogen-bond donors (Lipinski definition) is 1. The van der Waals surface area contributed by atoms with Crippen LogP contribution in [0.3, 0.4) is 0 Å². The zero-order valence-corrected chi connectivity index (χ0v) is 12.5. The SMILES string of the molecule is CN(C)c1ccc(C(=O)NC2CCc3ccccc32)cc1. The Morgan fingerprint density at radius 3 is 2.52 bits per heavy atom. The van der Waals surface area contributed by atoms with Gasteiger partial charge in [-0.25, -0.2) is 0 Å². The number of rotatable bonds is 3. The van der Waals surface area contributed by atoms with E-state index in [1.54, 1.807) is 0 Å². The Morgan fingerprint density at radius 1 is 1.10 bits per heavy atom. The quantitative estimate of drug-likeness (QED) is 0.936. The van der Waals surface area contributed by atoms with E-state index in [0.717, 1.165) is 18.5 Å². The number of fused-ring (bicyclic) bond motifs is 1. The molecule has 21 heavy (non-hydrogen) atoms. The molecule has 3 nitrogen and oxygen atoms in total. The molecule has 1 aliphatic rings. The van der Waals surface area contributed by atoms with Gasteiger partial charge in [-0.15, -0.1) is 0 Å². The Bertz CT molecular complexity index is 647. The van der Waals surface area contributed by atoms with Gasteiger partial charge in [-0.3, -0.25) is 4.79 Å². The first-order valence-electron chi connectivity index (χ1n) is 7.31. The molecule has 0 aliphatic heterocycles.